The number of benzene rings is 3. The van der Waals surface area contributed by atoms with Crippen LogP contribution in [0.5, 0.6) is 11.5 Å². The highest BCUT2D eigenvalue weighted by Crippen LogP contribution is 2.34. The van der Waals surface area contributed by atoms with Crippen LogP contribution in [-0.4, -0.2) is 41.7 Å². The van der Waals surface area contributed by atoms with E-state index in [0.717, 1.165) is 28.6 Å². The van der Waals surface area contributed by atoms with Gasteiger partial charge >= 0.3 is 0 Å². The minimum Gasteiger partial charge on any atom is -0.491 e. The van der Waals surface area contributed by atoms with E-state index in [1.165, 1.54) is 4.90 Å². The number of anilines is 1. The lowest BCUT2D eigenvalue weighted by atomic mass is 10.0. The van der Waals surface area contributed by atoms with Crippen LogP contribution in [0.25, 0.3) is 6.08 Å². The summed E-state index contributed by atoms with van der Waals surface area (Å²) in [6.07, 6.45) is 1.60. The van der Waals surface area contributed by atoms with E-state index in [1.807, 2.05) is 25.1 Å². The van der Waals surface area contributed by atoms with Gasteiger partial charge in [0.1, 0.15) is 18.1 Å². The molecule has 0 radical (unpaired) electrons. The predicted molar refractivity (Wildman–Crippen MR) is 160 cm³/mol. The molecule has 1 N–H and O–H groups in total. The second-order valence-corrected chi connectivity index (χ2v) is 11.2. The fourth-order valence-electron chi connectivity index (χ4n) is 3.95. The zero-order chi connectivity index (χ0) is 28.8. The summed E-state index contributed by atoms with van der Waals surface area (Å²) < 4.78 is 11.5. The highest BCUT2D eigenvalue weighted by atomic mass is 35.5. The van der Waals surface area contributed by atoms with Crippen LogP contribution in [0.1, 0.15) is 36.5 Å². The van der Waals surface area contributed by atoms with Crippen molar-refractivity contribution in [3.05, 3.63) is 92.3 Å². The maximum absolute atomic E-state index is 12.9. The largest absolute Gasteiger partial charge is 0.491 e. The summed E-state index contributed by atoms with van der Waals surface area (Å²) in [5.41, 5.74) is 3.24. The standard InChI is InChI=1S/C30H28Cl2N2O5S/c1-18(2)21-10-8-19(3)14-26(21)38-13-12-34-29(36)27(40-30(34)37)16-20-9-11-25(23(32)15-20)39-17-28(35)33-24-7-5-4-6-22(24)31/h4-11,14-16,18H,12-13,17H2,1-3H3,(H,33,35)/b27-16-. The highest BCUT2D eigenvalue weighted by Gasteiger charge is 2.35. The molecule has 4 rings (SSSR count). The molecule has 0 spiro atoms. The molecule has 0 atom stereocenters. The molecule has 0 unspecified atom stereocenters. The summed E-state index contributed by atoms with van der Waals surface area (Å²) in [4.78, 5) is 39.2. The number of imide groups is 1. The van der Waals surface area contributed by atoms with Crippen molar-refractivity contribution in [2.24, 2.45) is 0 Å². The summed E-state index contributed by atoms with van der Waals surface area (Å²) in [5.74, 6) is 0.560. The van der Waals surface area contributed by atoms with Crippen LogP contribution < -0.4 is 14.8 Å². The molecule has 208 valence electrons. The molecular weight excluding hydrogens is 571 g/mol. The average molecular weight is 600 g/mol. The van der Waals surface area contributed by atoms with E-state index in [0.29, 0.717) is 22.0 Å². The summed E-state index contributed by atoms with van der Waals surface area (Å²) >= 11 is 13.3. The molecule has 3 amide bonds. The van der Waals surface area contributed by atoms with Gasteiger partial charge in [0.15, 0.2) is 6.61 Å². The third-order valence-corrected chi connectivity index (χ3v) is 7.53. The van der Waals surface area contributed by atoms with Gasteiger partial charge in [-0.2, -0.15) is 0 Å². The van der Waals surface area contributed by atoms with Crippen molar-refractivity contribution in [1.29, 1.82) is 0 Å². The van der Waals surface area contributed by atoms with Gasteiger partial charge in [0.2, 0.25) is 0 Å². The molecule has 10 heteroatoms. The molecule has 1 heterocycles. The number of ether oxygens (including phenoxy) is 2. The number of nitrogens with zero attached hydrogens (tertiary/aromatic N) is 1. The van der Waals surface area contributed by atoms with Crippen LogP contribution in [-0.2, 0) is 9.59 Å². The Kier molecular flexibility index (Phi) is 9.79. The first-order valence-electron chi connectivity index (χ1n) is 12.6. The van der Waals surface area contributed by atoms with Gasteiger partial charge < -0.3 is 14.8 Å². The molecule has 0 aliphatic carbocycles. The first kappa shape index (κ1) is 29.5. The number of amides is 3. The first-order chi connectivity index (χ1) is 19.1. The molecule has 1 aliphatic heterocycles. The normalized spacial score (nSPS) is 14.2. The topological polar surface area (TPSA) is 84.9 Å². The molecule has 1 fully saturated rings. The van der Waals surface area contributed by atoms with Gasteiger partial charge in [0.25, 0.3) is 17.1 Å². The van der Waals surface area contributed by atoms with E-state index in [1.54, 1.807) is 48.5 Å². The van der Waals surface area contributed by atoms with Crippen LogP contribution in [0.15, 0.2) is 65.6 Å². The number of carbonyl (C=O) groups is 3. The monoisotopic (exact) mass is 598 g/mol. The van der Waals surface area contributed by atoms with Crippen molar-refractivity contribution in [3.8, 4) is 11.5 Å². The van der Waals surface area contributed by atoms with Gasteiger partial charge in [-0.15, -0.1) is 0 Å². The SMILES string of the molecule is Cc1ccc(C(C)C)c(OCCN2C(=O)S/C(=C\c3ccc(OCC(=O)Nc4ccccc4Cl)c(Cl)c3)C2=O)c1. The average Bonchev–Trinajstić information content (AvgIpc) is 3.16. The van der Waals surface area contributed by atoms with Crippen LogP contribution in [0.3, 0.4) is 0 Å². The molecule has 3 aromatic rings. The lowest BCUT2D eigenvalue weighted by Gasteiger charge is -2.17. The zero-order valence-corrected chi connectivity index (χ0v) is 24.5. The van der Waals surface area contributed by atoms with Crippen LogP contribution in [0, 0.1) is 6.92 Å². The Labute approximate surface area is 247 Å². The molecule has 0 saturated carbocycles. The fourth-order valence-corrected chi connectivity index (χ4v) is 5.24. The lowest BCUT2D eigenvalue weighted by molar-refractivity contribution is -0.123. The predicted octanol–water partition coefficient (Wildman–Crippen LogP) is 7.56. The smallest absolute Gasteiger partial charge is 0.293 e. The Balaban J connectivity index is 1.34. The van der Waals surface area contributed by atoms with Crippen LogP contribution in [0.2, 0.25) is 10.0 Å². The number of halogens is 2. The number of hydrogen-bond acceptors (Lipinski definition) is 6. The van der Waals surface area contributed by atoms with Gasteiger partial charge in [0.05, 0.1) is 27.2 Å². The molecule has 0 aromatic heterocycles. The van der Waals surface area contributed by atoms with Crippen LogP contribution in [0.4, 0.5) is 10.5 Å². The van der Waals surface area contributed by atoms with Gasteiger partial charge in [-0.05, 0) is 77.7 Å². The van der Waals surface area contributed by atoms with E-state index in [-0.39, 0.29) is 46.8 Å². The quantitative estimate of drug-likeness (QED) is 0.242. The second kappa shape index (κ2) is 13.3. The van der Waals surface area contributed by atoms with E-state index in [4.69, 9.17) is 32.7 Å². The third-order valence-electron chi connectivity index (χ3n) is 6.00. The number of carbonyl (C=O) groups excluding carboxylic acids is 3. The summed E-state index contributed by atoms with van der Waals surface area (Å²) in [5, 5.41) is 2.99. The fraction of sp³-hybridized carbons (Fsp3) is 0.233. The molecule has 0 bridgehead atoms. The second-order valence-electron chi connectivity index (χ2n) is 9.38. The summed E-state index contributed by atoms with van der Waals surface area (Å²) in [7, 11) is 0. The number of hydrogen-bond donors (Lipinski definition) is 1. The Morgan fingerprint density at radius 2 is 1.77 bits per heavy atom. The van der Waals surface area contributed by atoms with Crippen LogP contribution >= 0.6 is 35.0 Å². The number of aryl methyl sites for hydroxylation is 1. The molecule has 1 aliphatic rings. The molecule has 3 aromatic carbocycles. The van der Waals surface area contributed by atoms with Crippen molar-refractivity contribution in [1.82, 2.24) is 4.90 Å². The van der Waals surface area contributed by atoms with Crippen molar-refractivity contribution in [2.75, 3.05) is 25.1 Å². The maximum atomic E-state index is 12.9. The Bertz CT molecular complexity index is 1470. The molecular formula is C30H28Cl2N2O5S. The van der Waals surface area contributed by atoms with Gasteiger partial charge in [0, 0.05) is 0 Å². The van der Waals surface area contributed by atoms with Crippen molar-refractivity contribution < 1.29 is 23.9 Å². The summed E-state index contributed by atoms with van der Waals surface area (Å²) in [6, 6.07) is 17.8. The van der Waals surface area contributed by atoms with E-state index in [2.05, 4.69) is 19.2 Å². The minimum absolute atomic E-state index is 0.136. The Morgan fingerprint density at radius 3 is 2.50 bits per heavy atom. The number of nitrogens with one attached hydrogen (secondary N) is 1. The lowest BCUT2D eigenvalue weighted by Crippen LogP contribution is -2.32. The van der Waals surface area contributed by atoms with E-state index in [9.17, 15) is 14.4 Å². The van der Waals surface area contributed by atoms with E-state index >= 15 is 0 Å². The van der Waals surface area contributed by atoms with Gasteiger partial charge in [-0.3, -0.25) is 19.3 Å². The Morgan fingerprint density at radius 1 is 1.00 bits per heavy atom. The van der Waals surface area contributed by atoms with Crippen molar-refractivity contribution in [2.45, 2.75) is 26.7 Å². The molecule has 40 heavy (non-hydrogen) atoms. The zero-order valence-electron chi connectivity index (χ0n) is 22.2. The molecule has 1 saturated heterocycles. The van der Waals surface area contributed by atoms with Gasteiger partial charge in [-0.25, -0.2) is 0 Å². The maximum Gasteiger partial charge on any atom is 0.293 e. The highest BCUT2D eigenvalue weighted by molar-refractivity contribution is 8.18. The minimum atomic E-state index is -0.395. The Hall–Kier alpha value is -3.46. The first-order valence-corrected chi connectivity index (χ1v) is 14.1. The molecule has 7 nitrogen and oxygen atoms in total. The number of rotatable bonds is 10. The van der Waals surface area contributed by atoms with E-state index < -0.39 is 5.91 Å². The van der Waals surface area contributed by atoms with Crippen molar-refractivity contribution >= 4 is 63.8 Å². The third kappa shape index (κ3) is 7.38. The summed E-state index contributed by atoms with van der Waals surface area (Å²) in [6.45, 7) is 6.22. The number of para-hydroxylation sites is 1. The number of thioether (sulfide) groups is 1. The van der Waals surface area contributed by atoms with Crippen molar-refractivity contribution in [3.63, 3.8) is 0 Å². The van der Waals surface area contributed by atoms with Gasteiger partial charge in [-0.1, -0.05) is 67.4 Å².